The zero-order valence-electron chi connectivity index (χ0n) is 11.1. The van der Waals surface area contributed by atoms with Gasteiger partial charge in [-0.2, -0.15) is 0 Å². The third-order valence-corrected chi connectivity index (χ3v) is 3.43. The van der Waals surface area contributed by atoms with E-state index in [4.69, 9.17) is 10.5 Å². The van der Waals surface area contributed by atoms with E-state index in [1.807, 2.05) is 12.1 Å². The maximum Gasteiger partial charge on any atom is 0.331 e. The van der Waals surface area contributed by atoms with Crippen molar-refractivity contribution in [1.29, 1.82) is 0 Å². The number of hydrogen-bond acceptors (Lipinski definition) is 4. The van der Waals surface area contributed by atoms with Gasteiger partial charge in [0.15, 0.2) is 5.54 Å². The van der Waals surface area contributed by atoms with Gasteiger partial charge < -0.3 is 20.9 Å². The molecule has 0 spiro atoms. The number of nitrogens with two attached hydrogens (primary N) is 1. The molecule has 1 aromatic carbocycles. The molecule has 0 bridgehead atoms. The first-order chi connectivity index (χ1) is 9.57. The number of ether oxygens (including phenoxy) is 1. The highest BCUT2D eigenvalue weighted by molar-refractivity contribution is 5.98. The number of carboxylic acids is 1. The molecule has 1 amide bonds. The molecule has 1 aliphatic rings. The van der Waals surface area contributed by atoms with Crippen LogP contribution in [0.25, 0.3) is 0 Å². The lowest BCUT2D eigenvalue weighted by Crippen LogP contribution is -2.55. The Labute approximate surface area is 116 Å². The monoisotopic (exact) mass is 278 g/mol. The smallest absolute Gasteiger partial charge is 0.331 e. The van der Waals surface area contributed by atoms with E-state index in [0.29, 0.717) is 18.7 Å². The lowest BCUT2D eigenvalue weighted by Gasteiger charge is -2.23. The van der Waals surface area contributed by atoms with Gasteiger partial charge in [-0.3, -0.25) is 4.79 Å². The van der Waals surface area contributed by atoms with Gasteiger partial charge in [0, 0.05) is 18.6 Å². The highest BCUT2D eigenvalue weighted by Crippen LogP contribution is 2.20. The average molecular weight is 278 g/mol. The zero-order valence-corrected chi connectivity index (χ0v) is 11.1. The molecule has 20 heavy (non-hydrogen) atoms. The molecule has 1 atom stereocenters. The Bertz CT molecular complexity index is 492. The van der Waals surface area contributed by atoms with Crippen LogP contribution in [0.5, 0.6) is 0 Å². The number of carboxylic acid groups (broad SMARTS) is 1. The van der Waals surface area contributed by atoms with Crippen molar-refractivity contribution in [1.82, 2.24) is 5.32 Å². The molecule has 0 aliphatic carbocycles. The Hall–Kier alpha value is -1.92. The quantitative estimate of drug-likeness (QED) is 0.712. The summed E-state index contributed by atoms with van der Waals surface area (Å²) >= 11 is 0. The summed E-state index contributed by atoms with van der Waals surface area (Å²) in [5.74, 6) is -1.47. The summed E-state index contributed by atoms with van der Waals surface area (Å²) in [6.07, 6.45) is 1.02. The van der Waals surface area contributed by atoms with E-state index in [-0.39, 0.29) is 13.0 Å². The van der Waals surface area contributed by atoms with E-state index in [1.54, 1.807) is 12.1 Å². The van der Waals surface area contributed by atoms with Crippen LogP contribution < -0.4 is 11.1 Å². The van der Waals surface area contributed by atoms with Crippen molar-refractivity contribution in [2.75, 3.05) is 19.8 Å². The molecule has 4 N–H and O–H groups in total. The van der Waals surface area contributed by atoms with Gasteiger partial charge in [0.25, 0.3) is 5.91 Å². The van der Waals surface area contributed by atoms with Crippen LogP contribution in [0.3, 0.4) is 0 Å². The number of amides is 1. The lowest BCUT2D eigenvalue weighted by molar-refractivity contribution is -0.144. The third kappa shape index (κ3) is 2.97. The fourth-order valence-corrected chi connectivity index (χ4v) is 2.16. The van der Waals surface area contributed by atoms with Gasteiger partial charge in [-0.25, -0.2) is 4.79 Å². The third-order valence-electron chi connectivity index (χ3n) is 3.43. The number of benzene rings is 1. The van der Waals surface area contributed by atoms with Crippen LogP contribution in [0.1, 0.15) is 22.3 Å². The Kier molecular flexibility index (Phi) is 4.36. The minimum absolute atomic E-state index is 0.000664. The van der Waals surface area contributed by atoms with Crippen molar-refractivity contribution in [2.24, 2.45) is 5.73 Å². The predicted octanol–water partition coefficient (Wildman–Crippen LogP) is 0.161. The molecule has 0 aromatic heterocycles. The first-order valence-corrected chi connectivity index (χ1v) is 6.50. The number of hydrogen-bond donors (Lipinski definition) is 3. The second kappa shape index (κ2) is 6.02. The summed E-state index contributed by atoms with van der Waals surface area (Å²) in [6.45, 7) is 0.881. The highest BCUT2D eigenvalue weighted by Gasteiger charge is 2.44. The Morgan fingerprint density at radius 1 is 1.35 bits per heavy atom. The summed E-state index contributed by atoms with van der Waals surface area (Å²) in [5, 5.41) is 11.8. The molecule has 1 heterocycles. The van der Waals surface area contributed by atoms with Gasteiger partial charge in [-0.15, -0.1) is 0 Å². The van der Waals surface area contributed by atoms with Crippen LogP contribution in [0.4, 0.5) is 0 Å². The fourth-order valence-electron chi connectivity index (χ4n) is 2.16. The summed E-state index contributed by atoms with van der Waals surface area (Å²) in [5.41, 5.74) is 5.62. The van der Waals surface area contributed by atoms with Crippen LogP contribution in [-0.2, 0) is 16.0 Å². The predicted molar refractivity (Wildman–Crippen MR) is 72.5 cm³/mol. The molecular weight excluding hydrogens is 260 g/mol. The topological polar surface area (TPSA) is 102 Å². The Morgan fingerprint density at radius 2 is 2.05 bits per heavy atom. The van der Waals surface area contributed by atoms with Crippen molar-refractivity contribution in [3.8, 4) is 0 Å². The van der Waals surface area contributed by atoms with E-state index >= 15 is 0 Å². The number of nitrogens with one attached hydrogen (secondary N) is 1. The molecule has 1 saturated heterocycles. The SMILES string of the molecule is NCCc1ccc(C(=O)NC2(C(=O)O)CCOC2)cc1. The van der Waals surface area contributed by atoms with Gasteiger partial charge in [0.2, 0.25) is 0 Å². The second-order valence-electron chi connectivity index (χ2n) is 4.88. The average Bonchev–Trinajstić information content (AvgIpc) is 2.90. The van der Waals surface area contributed by atoms with E-state index in [1.165, 1.54) is 0 Å². The van der Waals surface area contributed by atoms with E-state index < -0.39 is 17.4 Å². The minimum Gasteiger partial charge on any atom is -0.479 e. The molecule has 0 saturated carbocycles. The van der Waals surface area contributed by atoms with Crippen molar-refractivity contribution >= 4 is 11.9 Å². The maximum atomic E-state index is 12.1. The van der Waals surface area contributed by atoms with Crippen molar-refractivity contribution in [3.63, 3.8) is 0 Å². The minimum atomic E-state index is -1.31. The molecule has 1 aromatic rings. The van der Waals surface area contributed by atoms with Gasteiger partial charge >= 0.3 is 5.97 Å². The number of carbonyl (C=O) groups excluding carboxylic acids is 1. The van der Waals surface area contributed by atoms with Gasteiger partial charge in [-0.1, -0.05) is 12.1 Å². The Balaban J connectivity index is 2.09. The maximum absolute atomic E-state index is 12.1. The molecule has 1 unspecified atom stereocenters. The second-order valence-corrected chi connectivity index (χ2v) is 4.88. The summed E-state index contributed by atoms with van der Waals surface area (Å²) in [4.78, 5) is 23.4. The van der Waals surface area contributed by atoms with Crippen molar-refractivity contribution in [2.45, 2.75) is 18.4 Å². The summed E-state index contributed by atoms with van der Waals surface area (Å²) < 4.78 is 5.10. The number of rotatable bonds is 5. The first kappa shape index (κ1) is 14.5. The van der Waals surface area contributed by atoms with Crippen LogP contribution in [0, 0.1) is 0 Å². The first-order valence-electron chi connectivity index (χ1n) is 6.50. The highest BCUT2D eigenvalue weighted by atomic mass is 16.5. The van der Waals surface area contributed by atoms with E-state index in [2.05, 4.69) is 5.32 Å². The van der Waals surface area contributed by atoms with Gasteiger partial charge in [-0.05, 0) is 30.7 Å². The molecule has 6 heteroatoms. The Morgan fingerprint density at radius 3 is 2.55 bits per heavy atom. The van der Waals surface area contributed by atoms with Crippen LogP contribution in [0.2, 0.25) is 0 Å². The molecular formula is C14H18N2O4. The van der Waals surface area contributed by atoms with E-state index in [0.717, 1.165) is 12.0 Å². The number of aliphatic carboxylic acids is 1. The van der Waals surface area contributed by atoms with Crippen molar-refractivity contribution < 1.29 is 19.4 Å². The van der Waals surface area contributed by atoms with Crippen molar-refractivity contribution in [3.05, 3.63) is 35.4 Å². The largest absolute Gasteiger partial charge is 0.479 e. The molecule has 6 nitrogen and oxygen atoms in total. The normalized spacial score (nSPS) is 21.6. The standard InChI is InChI=1S/C14H18N2O4/c15-7-5-10-1-3-11(4-2-10)12(17)16-14(13(18)19)6-8-20-9-14/h1-4H,5-9,15H2,(H,16,17)(H,18,19). The van der Waals surface area contributed by atoms with Gasteiger partial charge in [0.1, 0.15) is 0 Å². The molecule has 1 aliphatic heterocycles. The lowest BCUT2D eigenvalue weighted by atomic mass is 9.98. The number of carbonyl (C=O) groups is 2. The van der Waals surface area contributed by atoms with E-state index in [9.17, 15) is 14.7 Å². The molecule has 1 fully saturated rings. The van der Waals surface area contributed by atoms with Crippen LogP contribution in [-0.4, -0.2) is 42.3 Å². The van der Waals surface area contributed by atoms with Crippen LogP contribution in [0.15, 0.2) is 24.3 Å². The molecule has 0 radical (unpaired) electrons. The summed E-state index contributed by atoms with van der Waals surface area (Å²) in [7, 11) is 0. The molecule has 108 valence electrons. The van der Waals surface area contributed by atoms with Gasteiger partial charge in [0.05, 0.1) is 6.61 Å². The van der Waals surface area contributed by atoms with Crippen LogP contribution >= 0.6 is 0 Å². The fraction of sp³-hybridized carbons (Fsp3) is 0.429. The summed E-state index contributed by atoms with van der Waals surface area (Å²) in [6, 6.07) is 6.98. The zero-order chi connectivity index (χ0) is 14.6. The molecule has 2 rings (SSSR count).